The number of hydrazone groups is 1. The van der Waals surface area contributed by atoms with E-state index in [0.29, 0.717) is 23.6 Å². The summed E-state index contributed by atoms with van der Waals surface area (Å²) in [5, 5.41) is 13.9. The molecule has 23 heavy (non-hydrogen) atoms. The molecule has 0 aliphatic carbocycles. The van der Waals surface area contributed by atoms with Gasteiger partial charge in [0.05, 0.1) is 18.9 Å². The minimum atomic E-state index is -0.374. The number of ether oxygens (including phenoxy) is 1. The Bertz CT molecular complexity index is 653. The molecule has 0 saturated heterocycles. The van der Waals surface area contributed by atoms with Gasteiger partial charge >= 0.3 is 0 Å². The van der Waals surface area contributed by atoms with Crippen LogP contribution in [-0.2, 0) is 4.79 Å². The first-order valence-corrected chi connectivity index (χ1v) is 7.30. The zero-order valence-electron chi connectivity index (χ0n) is 13.0. The molecular formula is C16H20N4O3. The quantitative estimate of drug-likeness (QED) is 0.359. The Balaban J connectivity index is 1.98. The van der Waals surface area contributed by atoms with Crippen LogP contribution in [0.25, 0.3) is 0 Å². The molecule has 122 valence electrons. The second-order valence-corrected chi connectivity index (χ2v) is 4.73. The van der Waals surface area contributed by atoms with Crippen LogP contribution in [-0.4, -0.2) is 29.9 Å². The van der Waals surface area contributed by atoms with Crippen LogP contribution in [0.4, 0.5) is 0 Å². The van der Waals surface area contributed by atoms with E-state index in [1.54, 1.807) is 24.3 Å². The highest BCUT2D eigenvalue weighted by Crippen LogP contribution is 2.28. The van der Waals surface area contributed by atoms with Gasteiger partial charge in [-0.1, -0.05) is 18.2 Å². The molecule has 0 bridgehead atoms. The lowest BCUT2D eigenvalue weighted by atomic mass is 10.2. The molecule has 0 fully saturated rings. The van der Waals surface area contributed by atoms with Gasteiger partial charge in [0.2, 0.25) is 0 Å². The minimum Gasteiger partial charge on any atom is -0.504 e. The summed E-state index contributed by atoms with van der Waals surface area (Å²) >= 11 is 0. The smallest absolute Gasteiger partial charge is 0.288 e. The van der Waals surface area contributed by atoms with Gasteiger partial charge < -0.3 is 15.3 Å². The van der Waals surface area contributed by atoms with Crippen molar-refractivity contribution in [3.05, 3.63) is 47.7 Å². The SMILES string of the molecule is C/C=C/C1C=C(C(=O)N/N=C/c2cccc(OCC)c2O)NN1. The average Bonchev–Trinajstić information content (AvgIpc) is 3.00. The lowest BCUT2D eigenvalue weighted by Crippen LogP contribution is -2.34. The molecule has 4 N–H and O–H groups in total. The van der Waals surface area contributed by atoms with E-state index in [-0.39, 0.29) is 17.7 Å². The molecule has 1 atom stereocenters. The second-order valence-electron chi connectivity index (χ2n) is 4.73. The summed E-state index contributed by atoms with van der Waals surface area (Å²) in [6.45, 7) is 4.18. The maximum Gasteiger partial charge on any atom is 0.288 e. The van der Waals surface area contributed by atoms with Crippen LogP contribution < -0.4 is 21.0 Å². The van der Waals surface area contributed by atoms with Crippen molar-refractivity contribution in [3.63, 3.8) is 0 Å². The molecule has 1 aromatic rings. The van der Waals surface area contributed by atoms with Crippen molar-refractivity contribution in [1.29, 1.82) is 0 Å². The Morgan fingerprint density at radius 3 is 3.09 bits per heavy atom. The third-order valence-electron chi connectivity index (χ3n) is 3.06. The molecule has 2 rings (SSSR count). The largest absolute Gasteiger partial charge is 0.504 e. The zero-order valence-corrected chi connectivity index (χ0v) is 13.0. The topological polar surface area (TPSA) is 95.0 Å². The Morgan fingerprint density at radius 1 is 1.52 bits per heavy atom. The fourth-order valence-corrected chi connectivity index (χ4v) is 2.00. The molecule has 1 aliphatic rings. The summed E-state index contributed by atoms with van der Waals surface area (Å²) in [7, 11) is 0. The first-order valence-electron chi connectivity index (χ1n) is 7.30. The van der Waals surface area contributed by atoms with E-state index < -0.39 is 0 Å². The number of rotatable bonds is 6. The number of carbonyl (C=O) groups excluding carboxylic acids is 1. The van der Waals surface area contributed by atoms with Gasteiger partial charge in [-0.25, -0.2) is 10.9 Å². The lowest BCUT2D eigenvalue weighted by Gasteiger charge is -2.07. The molecular weight excluding hydrogens is 296 g/mol. The van der Waals surface area contributed by atoms with Gasteiger partial charge in [0.15, 0.2) is 11.5 Å². The van der Waals surface area contributed by atoms with Crippen molar-refractivity contribution >= 4 is 12.1 Å². The van der Waals surface area contributed by atoms with E-state index in [0.717, 1.165) is 0 Å². The van der Waals surface area contributed by atoms with Crippen LogP contribution in [0.2, 0.25) is 0 Å². The average molecular weight is 316 g/mol. The summed E-state index contributed by atoms with van der Waals surface area (Å²) in [6.07, 6.45) is 6.91. The molecule has 1 aliphatic heterocycles. The van der Waals surface area contributed by atoms with E-state index in [1.807, 2.05) is 26.0 Å². The number of carbonyl (C=O) groups is 1. The van der Waals surface area contributed by atoms with E-state index >= 15 is 0 Å². The van der Waals surface area contributed by atoms with Crippen LogP contribution in [0.3, 0.4) is 0 Å². The number of allylic oxidation sites excluding steroid dienone is 1. The monoisotopic (exact) mass is 316 g/mol. The maximum atomic E-state index is 11.9. The van der Waals surface area contributed by atoms with Gasteiger partial charge in [-0.05, 0) is 32.1 Å². The molecule has 0 radical (unpaired) electrons. The summed E-state index contributed by atoms with van der Waals surface area (Å²) in [4.78, 5) is 11.9. The number of phenolic OH excluding ortho intramolecular Hbond substituents is 1. The number of amides is 1. The number of aromatic hydroxyl groups is 1. The molecule has 1 unspecified atom stereocenters. The Kier molecular flexibility index (Phi) is 5.76. The molecule has 7 nitrogen and oxygen atoms in total. The van der Waals surface area contributed by atoms with E-state index in [2.05, 4.69) is 21.4 Å². The van der Waals surface area contributed by atoms with Crippen LogP contribution in [0, 0.1) is 0 Å². The van der Waals surface area contributed by atoms with Crippen LogP contribution in [0.15, 0.2) is 47.2 Å². The molecule has 1 amide bonds. The summed E-state index contributed by atoms with van der Waals surface area (Å²) in [6, 6.07) is 5.04. The van der Waals surface area contributed by atoms with E-state index in [4.69, 9.17) is 4.74 Å². The number of hydrogen-bond acceptors (Lipinski definition) is 6. The van der Waals surface area contributed by atoms with Gasteiger partial charge in [0, 0.05) is 5.56 Å². The number of hydrazine groups is 1. The van der Waals surface area contributed by atoms with Gasteiger partial charge in [-0.15, -0.1) is 0 Å². The number of hydrogen-bond donors (Lipinski definition) is 4. The highest BCUT2D eigenvalue weighted by Gasteiger charge is 2.17. The fraction of sp³-hybridized carbons (Fsp3) is 0.250. The Labute approximate surface area is 134 Å². The highest BCUT2D eigenvalue weighted by molar-refractivity contribution is 5.94. The van der Waals surface area contributed by atoms with Gasteiger partial charge in [-0.2, -0.15) is 5.10 Å². The second kappa shape index (κ2) is 8.00. The third kappa shape index (κ3) is 4.33. The minimum absolute atomic E-state index is 0.0135. The number of nitrogens with one attached hydrogen (secondary N) is 3. The molecule has 7 heteroatoms. The van der Waals surface area contributed by atoms with Crippen molar-refractivity contribution in [3.8, 4) is 11.5 Å². The van der Waals surface area contributed by atoms with Crippen molar-refractivity contribution in [1.82, 2.24) is 16.3 Å². The van der Waals surface area contributed by atoms with Crippen molar-refractivity contribution in [2.24, 2.45) is 5.10 Å². The zero-order chi connectivity index (χ0) is 16.7. The first kappa shape index (κ1) is 16.6. The molecule has 0 aromatic heterocycles. The Hall–Kier alpha value is -2.80. The first-order chi connectivity index (χ1) is 11.2. The van der Waals surface area contributed by atoms with Crippen molar-refractivity contribution in [2.75, 3.05) is 6.61 Å². The number of para-hydroxylation sites is 1. The van der Waals surface area contributed by atoms with Gasteiger partial charge in [0.25, 0.3) is 5.91 Å². The fourth-order valence-electron chi connectivity index (χ4n) is 2.00. The van der Waals surface area contributed by atoms with Crippen molar-refractivity contribution < 1.29 is 14.6 Å². The molecule has 1 heterocycles. The summed E-state index contributed by atoms with van der Waals surface area (Å²) in [5.74, 6) is -0.0112. The number of phenols is 1. The Morgan fingerprint density at radius 2 is 2.35 bits per heavy atom. The predicted octanol–water partition coefficient (Wildman–Crippen LogP) is 1.18. The van der Waals surface area contributed by atoms with Gasteiger partial charge in [-0.3, -0.25) is 4.79 Å². The highest BCUT2D eigenvalue weighted by atomic mass is 16.5. The summed E-state index contributed by atoms with van der Waals surface area (Å²) < 4.78 is 5.29. The number of nitrogens with zero attached hydrogens (tertiary/aromatic N) is 1. The van der Waals surface area contributed by atoms with Crippen LogP contribution >= 0.6 is 0 Å². The maximum absolute atomic E-state index is 11.9. The molecule has 0 spiro atoms. The standard InChI is InChI=1S/C16H20N4O3/c1-3-6-12-9-13(19-18-12)16(22)20-17-10-11-7-5-8-14(15(11)21)23-4-2/h3,5-10,12,18-19,21H,4H2,1-2H3,(H,20,22)/b6-3+,17-10+. The van der Waals surface area contributed by atoms with Crippen LogP contribution in [0.1, 0.15) is 19.4 Å². The molecule has 0 saturated carbocycles. The number of benzene rings is 1. The normalized spacial score (nSPS) is 17.3. The summed E-state index contributed by atoms with van der Waals surface area (Å²) in [5.41, 5.74) is 8.95. The predicted molar refractivity (Wildman–Crippen MR) is 88.0 cm³/mol. The third-order valence-corrected chi connectivity index (χ3v) is 3.06. The van der Waals surface area contributed by atoms with E-state index in [9.17, 15) is 9.90 Å². The van der Waals surface area contributed by atoms with Crippen LogP contribution in [0.5, 0.6) is 11.5 Å². The van der Waals surface area contributed by atoms with Gasteiger partial charge in [0.1, 0.15) is 5.70 Å². The molecule has 1 aromatic carbocycles. The lowest BCUT2D eigenvalue weighted by molar-refractivity contribution is -0.117. The van der Waals surface area contributed by atoms with E-state index in [1.165, 1.54) is 6.21 Å². The van der Waals surface area contributed by atoms with Crippen molar-refractivity contribution in [2.45, 2.75) is 19.9 Å².